The molecule has 3 heterocycles. The number of anilines is 1. The van der Waals surface area contributed by atoms with Gasteiger partial charge in [0.25, 0.3) is 0 Å². The molecule has 0 bridgehead atoms. The van der Waals surface area contributed by atoms with E-state index in [1.165, 1.54) is 0 Å². The molecule has 0 unspecified atom stereocenters. The van der Waals surface area contributed by atoms with Crippen LogP contribution in [0.4, 0.5) is 5.69 Å². The van der Waals surface area contributed by atoms with Gasteiger partial charge in [0.2, 0.25) is 0 Å². The van der Waals surface area contributed by atoms with Gasteiger partial charge in [0.05, 0.1) is 16.8 Å². The van der Waals surface area contributed by atoms with Crippen LogP contribution in [0.5, 0.6) is 0 Å². The number of nitrogens with one attached hydrogen (secondary N) is 1. The van der Waals surface area contributed by atoms with Gasteiger partial charge in [-0.25, -0.2) is 0 Å². The van der Waals surface area contributed by atoms with E-state index in [-0.39, 0.29) is 12.1 Å². The zero-order chi connectivity index (χ0) is 22.2. The molecule has 160 valence electrons. The van der Waals surface area contributed by atoms with Gasteiger partial charge < -0.3 is 14.6 Å². The van der Waals surface area contributed by atoms with Gasteiger partial charge >= 0.3 is 0 Å². The number of aromatic nitrogens is 1. The van der Waals surface area contributed by atoms with Gasteiger partial charge in [0.15, 0.2) is 5.11 Å². The number of hydrogen-bond acceptors (Lipinski definition) is 3. The normalized spacial score (nSPS) is 18.1. The molecule has 4 aromatic rings. The van der Waals surface area contributed by atoms with Crippen molar-refractivity contribution in [1.82, 2.24) is 10.3 Å². The van der Waals surface area contributed by atoms with E-state index in [4.69, 9.17) is 39.8 Å². The highest BCUT2D eigenvalue weighted by molar-refractivity contribution is 9.10. The van der Waals surface area contributed by atoms with Gasteiger partial charge in [-0.2, -0.15) is 0 Å². The summed E-state index contributed by atoms with van der Waals surface area (Å²) >= 11 is 21.7. The lowest BCUT2D eigenvalue weighted by Crippen LogP contribution is -2.29. The third kappa shape index (κ3) is 4.04. The smallest absolute Gasteiger partial charge is 0.174 e. The third-order valence-electron chi connectivity index (χ3n) is 5.32. The summed E-state index contributed by atoms with van der Waals surface area (Å²) < 4.78 is 7.34. The zero-order valence-electron chi connectivity index (χ0n) is 16.5. The predicted molar refractivity (Wildman–Crippen MR) is 136 cm³/mol. The molecule has 0 spiro atoms. The SMILES string of the molecule is S=C1N[C@@H](c2ccccn2)[C@H](c2ccc(-c3ccc(Cl)cc3Cl)o2)N1c1ccc(Br)cc1. The van der Waals surface area contributed by atoms with Crippen molar-refractivity contribution in [2.24, 2.45) is 0 Å². The van der Waals surface area contributed by atoms with Crippen LogP contribution in [0.3, 0.4) is 0 Å². The van der Waals surface area contributed by atoms with Gasteiger partial charge in [0.1, 0.15) is 17.6 Å². The van der Waals surface area contributed by atoms with Gasteiger partial charge in [0, 0.05) is 26.9 Å². The van der Waals surface area contributed by atoms with E-state index in [2.05, 4.69) is 31.1 Å². The Labute approximate surface area is 209 Å². The van der Waals surface area contributed by atoms with E-state index >= 15 is 0 Å². The molecule has 0 saturated carbocycles. The lowest BCUT2D eigenvalue weighted by atomic mass is 10.0. The summed E-state index contributed by atoms with van der Waals surface area (Å²) in [4.78, 5) is 6.63. The lowest BCUT2D eigenvalue weighted by molar-refractivity contribution is 0.439. The van der Waals surface area contributed by atoms with Crippen LogP contribution in [0.2, 0.25) is 10.0 Å². The summed E-state index contributed by atoms with van der Waals surface area (Å²) in [5, 5.41) is 5.14. The fourth-order valence-corrected chi connectivity index (χ4v) is 4.98. The Morgan fingerprint density at radius 2 is 1.81 bits per heavy atom. The highest BCUT2D eigenvalue weighted by Crippen LogP contribution is 2.43. The van der Waals surface area contributed by atoms with Crippen molar-refractivity contribution in [3.8, 4) is 11.3 Å². The van der Waals surface area contributed by atoms with Crippen LogP contribution in [0.1, 0.15) is 23.5 Å². The first-order valence-corrected chi connectivity index (χ1v) is 11.8. The van der Waals surface area contributed by atoms with E-state index in [0.29, 0.717) is 20.9 Å². The first-order chi connectivity index (χ1) is 15.5. The first kappa shape index (κ1) is 21.5. The second kappa shape index (κ2) is 8.87. The molecule has 2 aromatic carbocycles. The van der Waals surface area contributed by atoms with Crippen LogP contribution in [0, 0.1) is 0 Å². The fraction of sp³-hybridized carbons (Fsp3) is 0.0833. The average molecular weight is 545 g/mol. The second-order valence-electron chi connectivity index (χ2n) is 7.30. The summed E-state index contributed by atoms with van der Waals surface area (Å²) in [6, 6.07) is 22.7. The van der Waals surface area contributed by atoms with Crippen LogP contribution in [-0.2, 0) is 0 Å². The highest BCUT2D eigenvalue weighted by atomic mass is 79.9. The molecule has 0 radical (unpaired) electrons. The van der Waals surface area contributed by atoms with Crippen LogP contribution in [-0.4, -0.2) is 10.1 Å². The Morgan fingerprint density at radius 1 is 1.00 bits per heavy atom. The monoisotopic (exact) mass is 543 g/mol. The topological polar surface area (TPSA) is 41.3 Å². The van der Waals surface area contributed by atoms with E-state index < -0.39 is 0 Å². The molecular weight excluding hydrogens is 529 g/mol. The molecule has 2 atom stereocenters. The molecule has 1 N–H and O–H groups in total. The van der Waals surface area contributed by atoms with Crippen LogP contribution in [0.25, 0.3) is 11.3 Å². The lowest BCUT2D eigenvalue weighted by Gasteiger charge is -2.26. The Hall–Kier alpha value is -2.38. The number of furan rings is 1. The maximum atomic E-state index is 6.42. The van der Waals surface area contributed by atoms with E-state index in [0.717, 1.165) is 27.2 Å². The minimum absolute atomic E-state index is 0.188. The summed E-state index contributed by atoms with van der Waals surface area (Å²) in [5.41, 5.74) is 2.61. The number of benzene rings is 2. The second-order valence-corrected chi connectivity index (χ2v) is 9.45. The Kier molecular flexibility index (Phi) is 5.95. The van der Waals surface area contributed by atoms with Crippen molar-refractivity contribution in [3.05, 3.63) is 105 Å². The van der Waals surface area contributed by atoms with E-state index in [9.17, 15) is 0 Å². The minimum Gasteiger partial charge on any atom is -0.459 e. The average Bonchev–Trinajstić information content (AvgIpc) is 3.39. The summed E-state index contributed by atoms with van der Waals surface area (Å²) in [7, 11) is 0. The van der Waals surface area contributed by atoms with E-state index in [1.54, 1.807) is 18.3 Å². The van der Waals surface area contributed by atoms with Crippen molar-refractivity contribution in [1.29, 1.82) is 0 Å². The molecule has 1 saturated heterocycles. The number of rotatable bonds is 4. The number of hydrogen-bond donors (Lipinski definition) is 1. The van der Waals surface area contributed by atoms with Crippen LogP contribution >= 0.6 is 51.3 Å². The third-order valence-corrected chi connectivity index (χ3v) is 6.71. The van der Waals surface area contributed by atoms with Crippen molar-refractivity contribution in [3.63, 3.8) is 0 Å². The largest absolute Gasteiger partial charge is 0.459 e. The standard InChI is InChI=1S/C24H16BrCl2N3OS/c25-14-4-7-16(8-5-14)30-23(22(29-24(30)32)19-3-1-2-12-28-19)21-11-10-20(31-21)17-9-6-15(26)13-18(17)27/h1-13,22-23H,(H,29,32)/t22-,23-/m0/s1. The Balaban J connectivity index is 1.60. The van der Waals surface area contributed by atoms with Crippen molar-refractivity contribution < 1.29 is 4.42 Å². The molecule has 1 fully saturated rings. The molecule has 32 heavy (non-hydrogen) atoms. The quantitative estimate of drug-likeness (QED) is 0.268. The Bertz CT molecular complexity index is 1280. The molecule has 0 amide bonds. The fourth-order valence-electron chi connectivity index (χ4n) is 3.87. The maximum absolute atomic E-state index is 6.42. The number of halogens is 3. The molecule has 5 rings (SSSR count). The number of thiocarbonyl (C=S) groups is 1. The molecule has 4 nitrogen and oxygen atoms in total. The van der Waals surface area contributed by atoms with Gasteiger partial charge in [-0.15, -0.1) is 0 Å². The molecule has 2 aromatic heterocycles. The maximum Gasteiger partial charge on any atom is 0.174 e. The first-order valence-electron chi connectivity index (χ1n) is 9.82. The predicted octanol–water partition coefficient (Wildman–Crippen LogP) is 7.59. The molecule has 0 aliphatic carbocycles. The van der Waals surface area contributed by atoms with Crippen molar-refractivity contribution in [2.45, 2.75) is 12.1 Å². The molecule has 1 aliphatic rings. The van der Waals surface area contributed by atoms with Gasteiger partial charge in [-0.05, 0) is 78.9 Å². The number of nitrogens with zero attached hydrogens (tertiary/aromatic N) is 2. The summed E-state index contributed by atoms with van der Waals surface area (Å²) in [5.74, 6) is 1.41. The zero-order valence-corrected chi connectivity index (χ0v) is 20.4. The van der Waals surface area contributed by atoms with E-state index in [1.807, 2.05) is 60.7 Å². The summed E-state index contributed by atoms with van der Waals surface area (Å²) in [6.45, 7) is 0. The summed E-state index contributed by atoms with van der Waals surface area (Å²) in [6.07, 6.45) is 1.78. The number of pyridine rings is 1. The van der Waals surface area contributed by atoms with Crippen LogP contribution in [0.15, 0.2) is 87.9 Å². The molecule has 1 aliphatic heterocycles. The van der Waals surface area contributed by atoms with Gasteiger partial charge in [-0.3, -0.25) is 4.98 Å². The highest BCUT2D eigenvalue weighted by Gasteiger charge is 2.42. The van der Waals surface area contributed by atoms with Crippen LogP contribution < -0.4 is 10.2 Å². The molecular formula is C24H16BrCl2N3OS. The van der Waals surface area contributed by atoms with Crippen molar-refractivity contribution >= 4 is 62.1 Å². The Morgan fingerprint density at radius 3 is 2.53 bits per heavy atom. The van der Waals surface area contributed by atoms with Gasteiger partial charge in [-0.1, -0.05) is 45.2 Å². The minimum atomic E-state index is -0.238. The molecule has 8 heteroatoms. The van der Waals surface area contributed by atoms with Crippen molar-refractivity contribution in [2.75, 3.05) is 4.90 Å².